The molecule has 1 aromatic heterocycles. The summed E-state index contributed by atoms with van der Waals surface area (Å²) in [5, 5.41) is 5.69. The third-order valence-electron chi connectivity index (χ3n) is 4.06. The molecule has 3 aromatic rings. The number of benzene rings is 2. The fourth-order valence-corrected chi connectivity index (χ4v) is 2.78. The van der Waals surface area contributed by atoms with Crippen LogP contribution in [-0.4, -0.2) is 10.2 Å². The lowest BCUT2D eigenvalue weighted by atomic mass is 9.99. The van der Waals surface area contributed by atoms with Crippen molar-refractivity contribution < 1.29 is 4.74 Å². The number of rotatable bonds is 6. The Labute approximate surface area is 141 Å². The van der Waals surface area contributed by atoms with Crippen molar-refractivity contribution >= 4 is 0 Å². The van der Waals surface area contributed by atoms with Gasteiger partial charge in [0.15, 0.2) is 0 Å². The summed E-state index contributed by atoms with van der Waals surface area (Å²) in [7, 11) is 0. The summed E-state index contributed by atoms with van der Waals surface area (Å²) in [6.45, 7) is 4.65. The van der Waals surface area contributed by atoms with Crippen molar-refractivity contribution in [3.8, 4) is 5.75 Å². The van der Waals surface area contributed by atoms with Crippen molar-refractivity contribution in [3.05, 3.63) is 87.3 Å². The fraction of sp³-hybridized carbons (Fsp3) is 0.250. The summed E-state index contributed by atoms with van der Waals surface area (Å²) in [6.07, 6.45) is 0.553. The molecule has 0 aliphatic rings. The number of hydrogen-bond acceptors (Lipinski definition) is 2. The van der Waals surface area contributed by atoms with Crippen molar-refractivity contribution in [2.45, 2.75) is 32.8 Å². The van der Waals surface area contributed by atoms with Gasteiger partial charge in [0.25, 0.3) is 5.56 Å². The minimum atomic E-state index is -0.0587. The Balaban J connectivity index is 1.82. The minimum Gasteiger partial charge on any atom is -0.489 e. The van der Waals surface area contributed by atoms with Gasteiger partial charge in [0.2, 0.25) is 0 Å². The van der Waals surface area contributed by atoms with Crippen LogP contribution < -0.4 is 10.3 Å². The molecule has 4 nitrogen and oxygen atoms in total. The highest BCUT2D eigenvalue weighted by Crippen LogP contribution is 2.24. The molecular formula is C20H22N2O2. The van der Waals surface area contributed by atoms with Gasteiger partial charge in [-0.1, -0.05) is 62.4 Å². The molecule has 0 atom stereocenters. The quantitative estimate of drug-likeness (QED) is 0.721. The maximum atomic E-state index is 12.1. The Morgan fingerprint density at radius 1 is 0.958 bits per heavy atom. The third-order valence-corrected chi connectivity index (χ3v) is 4.06. The van der Waals surface area contributed by atoms with Crippen LogP contribution in [0.4, 0.5) is 0 Å². The average Bonchev–Trinajstić information content (AvgIpc) is 2.96. The second-order valence-electron chi connectivity index (χ2n) is 6.18. The van der Waals surface area contributed by atoms with E-state index in [1.807, 2.05) is 54.6 Å². The third kappa shape index (κ3) is 3.59. The van der Waals surface area contributed by atoms with Crippen LogP contribution in [0.3, 0.4) is 0 Å². The first-order chi connectivity index (χ1) is 11.6. The first-order valence-electron chi connectivity index (χ1n) is 8.19. The Morgan fingerprint density at radius 2 is 1.67 bits per heavy atom. The predicted molar refractivity (Wildman–Crippen MR) is 95.5 cm³/mol. The lowest BCUT2D eigenvalue weighted by Crippen LogP contribution is -2.09. The normalized spacial score (nSPS) is 11.0. The molecule has 3 rings (SSSR count). The Bertz CT molecular complexity index is 847. The Hall–Kier alpha value is -2.75. The van der Waals surface area contributed by atoms with Gasteiger partial charge in [-0.3, -0.25) is 9.89 Å². The van der Waals surface area contributed by atoms with E-state index in [1.54, 1.807) is 0 Å². The number of H-pyrrole nitrogens is 2. The molecule has 0 aliphatic heterocycles. The number of ether oxygens (including phenoxy) is 1. The molecule has 4 heteroatoms. The van der Waals surface area contributed by atoms with Gasteiger partial charge in [-0.2, -0.15) is 0 Å². The van der Waals surface area contributed by atoms with Crippen molar-refractivity contribution in [2.75, 3.05) is 0 Å². The molecule has 0 fully saturated rings. The van der Waals surface area contributed by atoms with E-state index >= 15 is 0 Å². The van der Waals surface area contributed by atoms with Crippen molar-refractivity contribution in [1.29, 1.82) is 0 Å². The van der Waals surface area contributed by atoms with Gasteiger partial charge in [-0.05, 0) is 23.1 Å². The molecule has 0 unspecified atom stereocenters. The first kappa shape index (κ1) is 16.1. The van der Waals surface area contributed by atoms with E-state index < -0.39 is 0 Å². The number of aromatic nitrogens is 2. The molecule has 0 aliphatic carbocycles. The number of nitrogens with one attached hydrogen (secondary N) is 2. The monoisotopic (exact) mass is 322 g/mol. The second kappa shape index (κ2) is 7.21. The highest BCUT2D eigenvalue weighted by molar-refractivity contribution is 5.38. The summed E-state index contributed by atoms with van der Waals surface area (Å²) in [6, 6.07) is 18.0. The van der Waals surface area contributed by atoms with Gasteiger partial charge in [-0.15, -0.1) is 0 Å². The molecule has 2 aromatic carbocycles. The van der Waals surface area contributed by atoms with E-state index in [0.29, 0.717) is 13.0 Å². The number of hydrogen-bond donors (Lipinski definition) is 2. The second-order valence-corrected chi connectivity index (χ2v) is 6.18. The molecule has 1 heterocycles. The topological polar surface area (TPSA) is 57.9 Å². The molecular weight excluding hydrogens is 300 g/mol. The smallest absolute Gasteiger partial charge is 0.267 e. The molecule has 0 spiro atoms. The van der Waals surface area contributed by atoms with E-state index in [9.17, 15) is 4.79 Å². The molecule has 0 saturated heterocycles. The van der Waals surface area contributed by atoms with E-state index in [1.165, 1.54) is 0 Å². The molecule has 2 N–H and O–H groups in total. The minimum absolute atomic E-state index is 0.0587. The van der Waals surface area contributed by atoms with Gasteiger partial charge >= 0.3 is 0 Å². The molecule has 24 heavy (non-hydrogen) atoms. The maximum absolute atomic E-state index is 12.1. The lowest BCUT2D eigenvalue weighted by molar-refractivity contribution is 0.303. The van der Waals surface area contributed by atoms with Crippen LogP contribution in [0.25, 0.3) is 0 Å². The molecule has 0 saturated carbocycles. The van der Waals surface area contributed by atoms with E-state index in [0.717, 1.165) is 28.1 Å². The molecule has 124 valence electrons. The van der Waals surface area contributed by atoms with Crippen LogP contribution in [0.1, 0.15) is 42.1 Å². The van der Waals surface area contributed by atoms with Crippen molar-refractivity contribution in [3.63, 3.8) is 0 Å². The Kier molecular flexibility index (Phi) is 4.85. The van der Waals surface area contributed by atoms with Crippen LogP contribution in [0.15, 0.2) is 59.4 Å². The van der Waals surface area contributed by atoms with Crippen LogP contribution in [0, 0.1) is 0 Å². The summed E-state index contributed by atoms with van der Waals surface area (Å²) < 4.78 is 5.99. The zero-order valence-electron chi connectivity index (χ0n) is 14.0. The summed E-state index contributed by atoms with van der Waals surface area (Å²) in [5.74, 6) is 1.08. The van der Waals surface area contributed by atoms with Crippen LogP contribution in [0.5, 0.6) is 5.75 Å². The highest BCUT2D eigenvalue weighted by atomic mass is 16.5. The van der Waals surface area contributed by atoms with Gasteiger partial charge in [-0.25, -0.2) is 0 Å². The maximum Gasteiger partial charge on any atom is 0.267 e. The van der Waals surface area contributed by atoms with Crippen molar-refractivity contribution in [1.82, 2.24) is 10.2 Å². The zero-order valence-corrected chi connectivity index (χ0v) is 14.0. The fourth-order valence-electron chi connectivity index (χ4n) is 2.78. The molecule has 0 amide bonds. The first-order valence-corrected chi connectivity index (χ1v) is 8.19. The molecule has 0 radical (unpaired) electrons. The zero-order chi connectivity index (χ0) is 16.9. The van der Waals surface area contributed by atoms with E-state index in [4.69, 9.17) is 4.74 Å². The predicted octanol–water partition coefficient (Wildman–Crippen LogP) is 4.00. The molecule has 0 bridgehead atoms. The lowest BCUT2D eigenvalue weighted by Gasteiger charge is -2.12. The van der Waals surface area contributed by atoms with Gasteiger partial charge in [0.1, 0.15) is 12.4 Å². The standard InChI is InChI=1S/C20H22N2O2/c1-14(2)19-17(20(23)22-21-19)12-16-10-6-7-11-18(16)24-13-15-8-4-3-5-9-15/h3-11,14H,12-13H2,1-2H3,(H2,21,22,23). The number of aromatic amines is 2. The summed E-state index contributed by atoms with van der Waals surface area (Å²) in [5.41, 5.74) is 3.81. The summed E-state index contributed by atoms with van der Waals surface area (Å²) in [4.78, 5) is 12.1. The van der Waals surface area contributed by atoms with Crippen molar-refractivity contribution in [2.24, 2.45) is 0 Å². The Morgan fingerprint density at radius 3 is 2.42 bits per heavy atom. The SMILES string of the molecule is CC(C)c1[nH][nH]c(=O)c1Cc1ccccc1OCc1ccccc1. The largest absolute Gasteiger partial charge is 0.489 e. The van der Waals surface area contributed by atoms with E-state index in [2.05, 4.69) is 24.0 Å². The highest BCUT2D eigenvalue weighted by Gasteiger charge is 2.15. The van der Waals surface area contributed by atoms with Gasteiger partial charge < -0.3 is 9.84 Å². The van der Waals surface area contributed by atoms with Crippen LogP contribution in [0.2, 0.25) is 0 Å². The van der Waals surface area contributed by atoms with Crippen LogP contribution >= 0.6 is 0 Å². The van der Waals surface area contributed by atoms with Crippen LogP contribution in [-0.2, 0) is 13.0 Å². The van der Waals surface area contributed by atoms with Gasteiger partial charge in [0, 0.05) is 17.7 Å². The summed E-state index contributed by atoms with van der Waals surface area (Å²) >= 11 is 0. The average molecular weight is 322 g/mol. The number of para-hydroxylation sites is 1. The van der Waals surface area contributed by atoms with Gasteiger partial charge in [0.05, 0.1) is 0 Å². The van der Waals surface area contributed by atoms with E-state index in [-0.39, 0.29) is 11.5 Å².